The maximum absolute atomic E-state index is 12.5. The second kappa shape index (κ2) is 8.22. The molecule has 3 aliphatic rings. The summed E-state index contributed by atoms with van der Waals surface area (Å²) in [5.74, 6) is -0.264. The van der Waals surface area contributed by atoms with E-state index in [1.807, 2.05) is 42.2 Å². The molecule has 9 nitrogen and oxygen atoms in total. The predicted molar refractivity (Wildman–Crippen MR) is 115 cm³/mol. The Labute approximate surface area is 190 Å². The van der Waals surface area contributed by atoms with E-state index in [1.54, 1.807) is 4.90 Å². The largest absolute Gasteiger partial charge is 0.434 e. The van der Waals surface area contributed by atoms with Gasteiger partial charge in [-0.25, -0.2) is 4.79 Å². The van der Waals surface area contributed by atoms with Gasteiger partial charge in [-0.3, -0.25) is 19.2 Å². The van der Waals surface area contributed by atoms with Crippen LogP contribution in [-0.4, -0.2) is 68.7 Å². The summed E-state index contributed by atoms with van der Waals surface area (Å²) in [6, 6.07) is 7.71. The van der Waals surface area contributed by atoms with E-state index in [4.69, 9.17) is 16.4 Å². The zero-order chi connectivity index (χ0) is 22.4. The number of hydrogen-bond donors (Lipinski definition) is 0. The van der Waals surface area contributed by atoms with Gasteiger partial charge in [-0.1, -0.05) is 29.8 Å². The smallest absolute Gasteiger partial charge is 0.311 e. The molecule has 5 rings (SSSR count). The third kappa shape index (κ3) is 3.86. The monoisotopic (exact) mass is 457 g/mol. The number of aromatic nitrogens is 2. The van der Waals surface area contributed by atoms with Crippen molar-refractivity contribution in [2.75, 3.05) is 26.2 Å². The number of nitrogens with zero attached hydrogens (tertiary/aromatic N) is 5. The highest BCUT2D eigenvalue weighted by Crippen LogP contribution is 2.35. The van der Waals surface area contributed by atoms with Gasteiger partial charge in [0.25, 0.3) is 11.8 Å². The van der Waals surface area contributed by atoms with Gasteiger partial charge in [0.1, 0.15) is 0 Å². The molecule has 168 valence electrons. The van der Waals surface area contributed by atoms with Crippen molar-refractivity contribution >= 4 is 29.5 Å². The summed E-state index contributed by atoms with van der Waals surface area (Å²) in [5.41, 5.74) is 2.92. The second-order valence-corrected chi connectivity index (χ2v) is 9.12. The highest BCUT2D eigenvalue weighted by molar-refractivity contribution is 6.33. The van der Waals surface area contributed by atoms with Crippen LogP contribution in [0.4, 0.5) is 4.79 Å². The van der Waals surface area contributed by atoms with E-state index in [9.17, 15) is 14.4 Å². The van der Waals surface area contributed by atoms with E-state index in [2.05, 4.69) is 10.00 Å². The van der Waals surface area contributed by atoms with Gasteiger partial charge in [-0.2, -0.15) is 5.10 Å². The lowest BCUT2D eigenvalue weighted by Crippen LogP contribution is -2.40. The summed E-state index contributed by atoms with van der Waals surface area (Å²) in [5, 5.41) is 5.92. The lowest BCUT2D eigenvalue weighted by atomic mass is 10.0. The summed E-state index contributed by atoms with van der Waals surface area (Å²) >= 11 is 6.40. The molecule has 1 aromatic carbocycles. The summed E-state index contributed by atoms with van der Waals surface area (Å²) in [6.45, 7) is 3.57. The van der Waals surface area contributed by atoms with Crippen LogP contribution in [0.5, 0.6) is 0 Å². The van der Waals surface area contributed by atoms with Crippen LogP contribution in [0.3, 0.4) is 0 Å². The van der Waals surface area contributed by atoms with Crippen molar-refractivity contribution in [1.29, 1.82) is 0 Å². The molecule has 0 bridgehead atoms. The molecule has 32 heavy (non-hydrogen) atoms. The van der Waals surface area contributed by atoms with E-state index < -0.39 is 17.9 Å². The Morgan fingerprint density at radius 3 is 2.41 bits per heavy atom. The maximum atomic E-state index is 12.5. The molecule has 2 atom stereocenters. The molecule has 0 aliphatic carbocycles. The number of carbonyl (C=O) groups excluding carboxylic acids is 3. The Morgan fingerprint density at radius 2 is 1.75 bits per heavy atom. The van der Waals surface area contributed by atoms with Gasteiger partial charge in [-0.15, -0.1) is 5.06 Å². The summed E-state index contributed by atoms with van der Waals surface area (Å²) in [6.07, 6.45) is 1.59. The van der Waals surface area contributed by atoms with Gasteiger partial charge in [-0.05, 0) is 17.9 Å². The first-order chi connectivity index (χ1) is 15.4. The minimum absolute atomic E-state index is 0.0941. The lowest BCUT2D eigenvalue weighted by Gasteiger charge is -2.22. The van der Waals surface area contributed by atoms with Crippen molar-refractivity contribution in [1.82, 2.24) is 24.6 Å². The molecule has 0 N–H and O–H groups in total. The van der Waals surface area contributed by atoms with Crippen LogP contribution in [-0.2, 0) is 28.0 Å². The minimum Gasteiger partial charge on any atom is -0.311 e. The van der Waals surface area contributed by atoms with Crippen LogP contribution in [0.25, 0.3) is 11.3 Å². The van der Waals surface area contributed by atoms with Crippen molar-refractivity contribution in [3.63, 3.8) is 0 Å². The van der Waals surface area contributed by atoms with Crippen LogP contribution in [0, 0.1) is 11.8 Å². The number of hydroxylamine groups is 2. The van der Waals surface area contributed by atoms with Crippen LogP contribution >= 0.6 is 11.6 Å². The molecule has 0 spiro atoms. The van der Waals surface area contributed by atoms with Gasteiger partial charge >= 0.3 is 6.09 Å². The standard InChI is InChI=1S/C22H24ClN5O4/c1-25-8-16(21(24-25)17-4-2-3-5-18(17)23)11-26-9-14-12-27(13-15(14)10-26)22(31)32-28-19(29)6-7-20(28)30/h2-5,8,14-15H,6-7,9-13H2,1H3. The number of carbonyl (C=O) groups is 3. The first-order valence-corrected chi connectivity index (χ1v) is 11.1. The Bertz CT molecular complexity index is 1060. The van der Waals surface area contributed by atoms with Crippen molar-refractivity contribution < 1.29 is 19.2 Å². The minimum atomic E-state index is -0.622. The summed E-state index contributed by atoms with van der Waals surface area (Å²) in [7, 11) is 1.90. The topological polar surface area (TPSA) is 88.0 Å². The number of halogens is 1. The van der Waals surface area contributed by atoms with Crippen molar-refractivity contribution in [2.45, 2.75) is 19.4 Å². The quantitative estimate of drug-likeness (QED) is 0.655. The van der Waals surface area contributed by atoms with Gasteiger partial charge in [0.15, 0.2) is 0 Å². The Hall–Kier alpha value is -2.91. The average molecular weight is 458 g/mol. The Kier molecular flexibility index (Phi) is 5.38. The lowest BCUT2D eigenvalue weighted by molar-refractivity contribution is -0.173. The number of imide groups is 1. The van der Waals surface area contributed by atoms with Crippen molar-refractivity contribution in [3.05, 3.63) is 41.0 Å². The molecule has 3 fully saturated rings. The number of hydrogen-bond acceptors (Lipinski definition) is 6. The fourth-order valence-corrected chi connectivity index (χ4v) is 5.16. The second-order valence-electron chi connectivity index (χ2n) is 8.71. The predicted octanol–water partition coefficient (Wildman–Crippen LogP) is 2.30. The highest BCUT2D eigenvalue weighted by atomic mass is 35.5. The number of fused-ring (bicyclic) bond motifs is 1. The fraction of sp³-hybridized carbons (Fsp3) is 0.455. The Morgan fingerprint density at radius 1 is 1.09 bits per heavy atom. The van der Waals surface area contributed by atoms with E-state index >= 15 is 0 Å². The molecule has 10 heteroatoms. The zero-order valence-electron chi connectivity index (χ0n) is 17.7. The van der Waals surface area contributed by atoms with E-state index in [0.717, 1.165) is 36.5 Å². The van der Waals surface area contributed by atoms with Crippen molar-refractivity contribution in [3.8, 4) is 11.3 Å². The molecule has 2 aromatic rings. The molecule has 3 amide bonds. The number of amides is 3. The normalized spacial score (nSPS) is 23.3. The molecular formula is C22H24ClN5O4. The molecule has 4 heterocycles. The fourth-order valence-electron chi connectivity index (χ4n) is 4.94. The SMILES string of the molecule is Cn1cc(CN2CC3CN(C(=O)ON4C(=O)CCC4=O)CC3C2)c(-c2ccccc2Cl)n1. The summed E-state index contributed by atoms with van der Waals surface area (Å²) in [4.78, 5) is 44.9. The maximum Gasteiger partial charge on any atom is 0.434 e. The molecule has 1 aromatic heterocycles. The molecule has 3 aliphatic heterocycles. The molecular weight excluding hydrogens is 434 g/mol. The number of benzene rings is 1. The molecule has 0 saturated carbocycles. The first kappa shape index (κ1) is 21.0. The van der Waals surface area contributed by atoms with E-state index in [1.165, 1.54) is 0 Å². The Balaban J connectivity index is 1.21. The number of rotatable bonds is 4. The summed E-state index contributed by atoms with van der Waals surface area (Å²) < 4.78 is 1.81. The average Bonchev–Trinajstić information content (AvgIpc) is 3.49. The zero-order valence-corrected chi connectivity index (χ0v) is 18.5. The van der Waals surface area contributed by atoms with Crippen LogP contribution in [0.15, 0.2) is 30.5 Å². The van der Waals surface area contributed by atoms with Crippen LogP contribution in [0.1, 0.15) is 18.4 Å². The van der Waals surface area contributed by atoms with Gasteiger partial charge < -0.3 is 9.74 Å². The molecule has 0 radical (unpaired) electrons. The van der Waals surface area contributed by atoms with E-state index in [0.29, 0.717) is 35.0 Å². The molecule has 3 saturated heterocycles. The van der Waals surface area contributed by atoms with Gasteiger partial charge in [0.2, 0.25) is 0 Å². The third-order valence-corrected chi connectivity index (χ3v) is 6.75. The van der Waals surface area contributed by atoms with Gasteiger partial charge in [0.05, 0.1) is 10.7 Å². The first-order valence-electron chi connectivity index (χ1n) is 10.7. The highest BCUT2D eigenvalue weighted by Gasteiger charge is 2.43. The van der Waals surface area contributed by atoms with Crippen LogP contribution < -0.4 is 0 Å². The van der Waals surface area contributed by atoms with Gasteiger partial charge in [0, 0.05) is 69.9 Å². The van der Waals surface area contributed by atoms with E-state index in [-0.39, 0.29) is 12.8 Å². The van der Waals surface area contributed by atoms with Crippen LogP contribution in [0.2, 0.25) is 5.02 Å². The number of likely N-dealkylation sites (tertiary alicyclic amines) is 2. The third-order valence-electron chi connectivity index (χ3n) is 6.42. The molecule has 2 unspecified atom stereocenters. The number of aryl methyl sites for hydroxylation is 1. The van der Waals surface area contributed by atoms with Crippen molar-refractivity contribution in [2.24, 2.45) is 18.9 Å².